The van der Waals surface area contributed by atoms with Gasteiger partial charge in [-0.15, -0.1) is 0 Å². The molecule has 1 atom stereocenters. The van der Waals surface area contributed by atoms with Crippen molar-refractivity contribution in [1.82, 2.24) is 4.72 Å². The average Bonchev–Trinajstić information content (AvgIpc) is 2.46. The summed E-state index contributed by atoms with van der Waals surface area (Å²) in [4.78, 5) is -0.452. The summed E-state index contributed by atoms with van der Waals surface area (Å²) >= 11 is 0. The Bertz CT molecular complexity index is 557. The van der Waals surface area contributed by atoms with Gasteiger partial charge in [0, 0.05) is 6.54 Å². The van der Waals surface area contributed by atoms with Gasteiger partial charge in [-0.05, 0) is 17.7 Å². The normalized spacial score (nSPS) is 20.0. The van der Waals surface area contributed by atoms with E-state index >= 15 is 0 Å². The summed E-state index contributed by atoms with van der Waals surface area (Å²) in [6.07, 6.45) is -0.377. The second-order valence-corrected chi connectivity index (χ2v) is 6.08. The van der Waals surface area contributed by atoms with E-state index in [1.807, 2.05) is 0 Å². The van der Waals surface area contributed by atoms with Gasteiger partial charge in [-0.3, -0.25) is 0 Å². The van der Waals surface area contributed by atoms with Crippen molar-refractivity contribution in [2.24, 2.45) is 0 Å². The van der Waals surface area contributed by atoms with Crippen LogP contribution in [0.2, 0.25) is 0 Å². The van der Waals surface area contributed by atoms with Crippen LogP contribution in [0.3, 0.4) is 0 Å². The number of rotatable bonds is 5. The largest absolute Gasteiger partial charge is 0.392 e. The molecule has 0 spiro atoms. The van der Waals surface area contributed by atoms with Crippen molar-refractivity contribution in [2.75, 3.05) is 26.4 Å². The summed E-state index contributed by atoms with van der Waals surface area (Å²) in [5.41, 5.74) is 0.311. The van der Waals surface area contributed by atoms with Gasteiger partial charge in [0.1, 0.15) is 10.7 Å². The highest BCUT2D eigenvalue weighted by Gasteiger charge is 2.22. The number of hydrogen-bond acceptors (Lipinski definition) is 5. The Kier molecular flexibility index (Phi) is 5.06. The van der Waals surface area contributed by atoms with Gasteiger partial charge < -0.3 is 14.6 Å². The Morgan fingerprint density at radius 3 is 2.80 bits per heavy atom. The van der Waals surface area contributed by atoms with Crippen molar-refractivity contribution in [3.63, 3.8) is 0 Å². The second-order valence-electron chi connectivity index (χ2n) is 4.34. The van der Waals surface area contributed by atoms with Crippen LogP contribution in [-0.2, 0) is 26.1 Å². The number of ether oxygens (including phenoxy) is 2. The van der Waals surface area contributed by atoms with Gasteiger partial charge in [-0.1, -0.05) is 6.07 Å². The standard InChI is InChI=1S/C12H16FNO5S/c13-11-5-9(7-15)1-2-12(11)20(16,17)14-6-10-8-18-3-4-19-10/h1-2,5,10,14-15H,3-4,6-8H2. The van der Waals surface area contributed by atoms with Crippen molar-refractivity contribution in [3.8, 4) is 0 Å². The van der Waals surface area contributed by atoms with E-state index in [1.54, 1.807) is 0 Å². The first-order chi connectivity index (χ1) is 9.53. The first-order valence-electron chi connectivity index (χ1n) is 6.11. The van der Waals surface area contributed by atoms with Gasteiger partial charge >= 0.3 is 0 Å². The van der Waals surface area contributed by atoms with E-state index in [2.05, 4.69) is 4.72 Å². The molecule has 0 aromatic heterocycles. The molecule has 6 nitrogen and oxygen atoms in total. The smallest absolute Gasteiger partial charge is 0.243 e. The molecular formula is C12H16FNO5S. The maximum Gasteiger partial charge on any atom is 0.243 e. The number of nitrogens with one attached hydrogen (secondary N) is 1. The van der Waals surface area contributed by atoms with E-state index in [9.17, 15) is 12.8 Å². The molecule has 1 heterocycles. The monoisotopic (exact) mass is 305 g/mol. The van der Waals surface area contributed by atoms with Crippen LogP contribution in [0, 0.1) is 5.82 Å². The van der Waals surface area contributed by atoms with Crippen LogP contribution in [0.15, 0.2) is 23.1 Å². The first kappa shape index (κ1) is 15.3. The van der Waals surface area contributed by atoms with Crippen molar-refractivity contribution >= 4 is 10.0 Å². The van der Waals surface area contributed by atoms with Gasteiger partial charge in [0.2, 0.25) is 10.0 Å². The zero-order valence-corrected chi connectivity index (χ0v) is 11.5. The lowest BCUT2D eigenvalue weighted by Gasteiger charge is -2.23. The summed E-state index contributed by atoms with van der Waals surface area (Å²) in [6, 6.07) is 3.48. The summed E-state index contributed by atoms with van der Waals surface area (Å²) < 4.78 is 50.4. The Hall–Kier alpha value is -1.06. The van der Waals surface area contributed by atoms with E-state index < -0.39 is 20.7 Å². The fourth-order valence-electron chi connectivity index (χ4n) is 1.80. The van der Waals surface area contributed by atoms with Crippen LogP contribution in [-0.4, -0.2) is 46.0 Å². The minimum Gasteiger partial charge on any atom is -0.392 e. The number of halogens is 1. The van der Waals surface area contributed by atoms with Gasteiger partial charge in [0.05, 0.1) is 32.5 Å². The zero-order valence-electron chi connectivity index (χ0n) is 10.7. The molecule has 0 saturated carbocycles. The molecule has 8 heteroatoms. The third kappa shape index (κ3) is 3.74. The summed E-state index contributed by atoms with van der Waals surface area (Å²) in [7, 11) is -3.96. The van der Waals surface area contributed by atoms with Crippen molar-refractivity contribution < 1.29 is 27.4 Å². The molecule has 1 saturated heterocycles. The van der Waals surface area contributed by atoms with E-state index in [0.29, 0.717) is 25.4 Å². The summed E-state index contributed by atoms with van der Waals surface area (Å²) in [6.45, 7) is 0.863. The highest BCUT2D eigenvalue weighted by atomic mass is 32.2. The quantitative estimate of drug-likeness (QED) is 0.800. The third-order valence-electron chi connectivity index (χ3n) is 2.85. The Morgan fingerprint density at radius 2 is 2.20 bits per heavy atom. The average molecular weight is 305 g/mol. The molecule has 1 aromatic carbocycles. The van der Waals surface area contributed by atoms with Crippen molar-refractivity contribution in [3.05, 3.63) is 29.6 Å². The number of aliphatic hydroxyl groups excluding tert-OH is 1. The molecular weight excluding hydrogens is 289 g/mol. The highest BCUT2D eigenvalue weighted by molar-refractivity contribution is 7.89. The fourth-order valence-corrected chi connectivity index (χ4v) is 2.92. The fraction of sp³-hybridized carbons (Fsp3) is 0.500. The second kappa shape index (κ2) is 6.59. The van der Waals surface area contributed by atoms with E-state index in [-0.39, 0.29) is 19.3 Å². The molecule has 1 fully saturated rings. The molecule has 1 aromatic rings. The Morgan fingerprint density at radius 1 is 1.40 bits per heavy atom. The van der Waals surface area contributed by atoms with Crippen LogP contribution >= 0.6 is 0 Å². The van der Waals surface area contributed by atoms with E-state index in [4.69, 9.17) is 14.6 Å². The third-order valence-corrected chi connectivity index (χ3v) is 4.31. The van der Waals surface area contributed by atoms with Crippen LogP contribution in [0.4, 0.5) is 4.39 Å². The minimum absolute atomic E-state index is 0.0174. The maximum absolute atomic E-state index is 13.7. The zero-order chi connectivity index (χ0) is 14.6. The Labute approximate surface area is 116 Å². The summed E-state index contributed by atoms with van der Waals surface area (Å²) in [5.74, 6) is -0.898. The van der Waals surface area contributed by atoms with Gasteiger partial charge in [-0.25, -0.2) is 17.5 Å². The minimum atomic E-state index is -3.96. The van der Waals surface area contributed by atoms with Gasteiger partial charge in [-0.2, -0.15) is 0 Å². The maximum atomic E-state index is 13.7. The molecule has 20 heavy (non-hydrogen) atoms. The predicted octanol–water partition coefficient (Wildman–Crippen LogP) is 0.0117. The Balaban J connectivity index is 2.05. The predicted molar refractivity (Wildman–Crippen MR) is 68.1 cm³/mol. The van der Waals surface area contributed by atoms with E-state index in [1.165, 1.54) is 6.07 Å². The van der Waals surface area contributed by atoms with Crippen LogP contribution in [0.1, 0.15) is 5.56 Å². The topological polar surface area (TPSA) is 84.9 Å². The number of benzene rings is 1. The molecule has 0 amide bonds. The molecule has 112 valence electrons. The van der Waals surface area contributed by atoms with Crippen LogP contribution < -0.4 is 4.72 Å². The number of hydrogen-bond donors (Lipinski definition) is 2. The number of sulfonamides is 1. The first-order valence-corrected chi connectivity index (χ1v) is 7.59. The molecule has 0 aliphatic carbocycles. The molecule has 2 N–H and O–H groups in total. The lowest BCUT2D eigenvalue weighted by Crippen LogP contribution is -2.39. The highest BCUT2D eigenvalue weighted by Crippen LogP contribution is 2.16. The van der Waals surface area contributed by atoms with Crippen LogP contribution in [0.5, 0.6) is 0 Å². The lowest BCUT2D eigenvalue weighted by molar-refractivity contribution is -0.0847. The molecule has 1 unspecified atom stereocenters. The van der Waals surface area contributed by atoms with E-state index in [0.717, 1.165) is 12.1 Å². The summed E-state index contributed by atoms with van der Waals surface area (Å²) in [5, 5.41) is 8.87. The number of aliphatic hydroxyl groups is 1. The molecule has 1 aliphatic heterocycles. The SMILES string of the molecule is O=S(=O)(NCC1COCCO1)c1ccc(CO)cc1F. The molecule has 0 radical (unpaired) electrons. The molecule has 1 aliphatic rings. The molecule has 0 bridgehead atoms. The lowest BCUT2D eigenvalue weighted by atomic mass is 10.2. The van der Waals surface area contributed by atoms with Crippen molar-refractivity contribution in [1.29, 1.82) is 0 Å². The van der Waals surface area contributed by atoms with Crippen LogP contribution in [0.25, 0.3) is 0 Å². The molecule has 2 rings (SSSR count). The van der Waals surface area contributed by atoms with Gasteiger partial charge in [0.15, 0.2) is 0 Å². The van der Waals surface area contributed by atoms with Crippen molar-refractivity contribution in [2.45, 2.75) is 17.6 Å². The van der Waals surface area contributed by atoms with Gasteiger partial charge in [0.25, 0.3) is 0 Å².